The molecule has 0 spiro atoms. The second-order valence-corrected chi connectivity index (χ2v) is 4.67. The molecule has 2 aromatic rings. The second kappa shape index (κ2) is 5.65. The molecule has 0 amide bonds. The first-order chi connectivity index (χ1) is 9.08. The Balaban J connectivity index is 2.16. The number of aliphatic carboxylic acids is 1. The molecule has 0 aliphatic heterocycles. The van der Waals surface area contributed by atoms with Crippen molar-refractivity contribution in [1.29, 1.82) is 0 Å². The fourth-order valence-corrected chi connectivity index (χ4v) is 2.02. The summed E-state index contributed by atoms with van der Waals surface area (Å²) in [5.74, 6) is -1.35. The van der Waals surface area contributed by atoms with Crippen molar-refractivity contribution in [2.75, 3.05) is 0 Å². The average Bonchev–Trinajstić information content (AvgIpc) is 2.76. The molecule has 5 heteroatoms. The van der Waals surface area contributed by atoms with Crippen molar-refractivity contribution in [3.8, 4) is 0 Å². The predicted octanol–water partition coefficient (Wildman–Crippen LogP) is 2.17. The third kappa shape index (κ3) is 3.19. The quantitative estimate of drug-likeness (QED) is 0.891. The standard InChI is InChI=1S/C14H16N2O3/c1-9-5-3-4-6-11(9)7-12(14(17)18)8-13-10(2)15-19-16-13/h3-6,12H,7-8H2,1-2H3,(H,17,18). The zero-order valence-corrected chi connectivity index (χ0v) is 11.0. The summed E-state index contributed by atoms with van der Waals surface area (Å²) in [6, 6.07) is 7.81. The van der Waals surface area contributed by atoms with E-state index in [9.17, 15) is 9.90 Å². The Morgan fingerprint density at radius 2 is 2.00 bits per heavy atom. The average molecular weight is 260 g/mol. The van der Waals surface area contributed by atoms with Crippen molar-refractivity contribution < 1.29 is 14.5 Å². The van der Waals surface area contributed by atoms with E-state index in [1.807, 2.05) is 31.2 Å². The SMILES string of the molecule is Cc1ccccc1CC(Cc1nonc1C)C(=O)O. The molecule has 0 bridgehead atoms. The Morgan fingerprint density at radius 3 is 2.58 bits per heavy atom. The van der Waals surface area contributed by atoms with Crippen LogP contribution in [-0.2, 0) is 17.6 Å². The van der Waals surface area contributed by atoms with Gasteiger partial charge >= 0.3 is 5.97 Å². The van der Waals surface area contributed by atoms with Gasteiger partial charge in [0.25, 0.3) is 0 Å². The molecule has 5 nitrogen and oxygen atoms in total. The molecular formula is C14H16N2O3. The highest BCUT2D eigenvalue weighted by molar-refractivity contribution is 5.70. The molecule has 100 valence electrons. The van der Waals surface area contributed by atoms with E-state index in [2.05, 4.69) is 14.9 Å². The van der Waals surface area contributed by atoms with Crippen LogP contribution in [0.5, 0.6) is 0 Å². The number of benzene rings is 1. The van der Waals surface area contributed by atoms with Crippen LogP contribution in [0.2, 0.25) is 0 Å². The Bertz CT molecular complexity index is 578. The van der Waals surface area contributed by atoms with Crippen molar-refractivity contribution in [1.82, 2.24) is 10.3 Å². The number of hydrogen-bond acceptors (Lipinski definition) is 4. The number of aromatic nitrogens is 2. The van der Waals surface area contributed by atoms with E-state index in [1.165, 1.54) is 0 Å². The van der Waals surface area contributed by atoms with Gasteiger partial charge in [-0.3, -0.25) is 4.79 Å². The molecule has 19 heavy (non-hydrogen) atoms. The highest BCUT2D eigenvalue weighted by atomic mass is 16.6. The third-order valence-electron chi connectivity index (χ3n) is 3.26. The number of rotatable bonds is 5. The Hall–Kier alpha value is -2.17. The Morgan fingerprint density at radius 1 is 1.26 bits per heavy atom. The van der Waals surface area contributed by atoms with E-state index in [0.29, 0.717) is 24.2 Å². The summed E-state index contributed by atoms with van der Waals surface area (Å²) < 4.78 is 4.61. The molecule has 1 unspecified atom stereocenters. The molecule has 0 saturated carbocycles. The van der Waals surface area contributed by atoms with Crippen LogP contribution in [0.4, 0.5) is 0 Å². The molecule has 1 N–H and O–H groups in total. The van der Waals surface area contributed by atoms with E-state index in [-0.39, 0.29) is 0 Å². The molecule has 1 aromatic carbocycles. The van der Waals surface area contributed by atoms with Gasteiger partial charge in [-0.25, -0.2) is 4.63 Å². The second-order valence-electron chi connectivity index (χ2n) is 4.67. The first-order valence-electron chi connectivity index (χ1n) is 6.13. The summed E-state index contributed by atoms with van der Waals surface area (Å²) in [5.41, 5.74) is 3.41. The van der Waals surface area contributed by atoms with Crippen LogP contribution in [0.15, 0.2) is 28.9 Å². The minimum Gasteiger partial charge on any atom is -0.481 e. The van der Waals surface area contributed by atoms with E-state index in [0.717, 1.165) is 11.1 Å². The van der Waals surface area contributed by atoms with E-state index >= 15 is 0 Å². The van der Waals surface area contributed by atoms with Crippen molar-refractivity contribution >= 4 is 5.97 Å². The maximum atomic E-state index is 11.4. The smallest absolute Gasteiger partial charge is 0.307 e. The topological polar surface area (TPSA) is 76.2 Å². The van der Waals surface area contributed by atoms with Crippen LogP contribution in [-0.4, -0.2) is 21.4 Å². The van der Waals surface area contributed by atoms with E-state index in [1.54, 1.807) is 6.92 Å². The van der Waals surface area contributed by atoms with Gasteiger partial charge in [0.05, 0.1) is 5.92 Å². The van der Waals surface area contributed by atoms with Crippen molar-refractivity contribution in [2.24, 2.45) is 5.92 Å². The van der Waals surface area contributed by atoms with Crippen molar-refractivity contribution in [2.45, 2.75) is 26.7 Å². The number of carboxylic acids is 1. The summed E-state index contributed by atoms with van der Waals surface area (Å²) in [6.07, 6.45) is 0.813. The van der Waals surface area contributed by atoms with Crippen molar-refractivity contribution in [3.63, 3.8) is 0 Å². The van der Waals surface area contributed by atoms with Crippen LogP contribution < -0.4 is 0 Å². The van der Waals surface area contributed by atoms with Gasteiger partial charge in [0, 0.05) is 6.42 Å². The Kier molecular flexibility index (Phi) is 3.94. The van der Waals surface area contributed by atoms with E-state index < -0.39 is 11.9 Å². The minimum absolute atomic E-state index is 0.332. The summed E-state index contributed by atoms with van der Waals surface area (Å²) in [6.45, 7) is 3.75. The van der Waals surface area contributed by atoms with Crippen molar-refractivity contribution in [3.05, 3.63) is 46.8 Å². The van der Waals surface area contributed by atoms with Gasteiger partial charge in [-0.1, -0.05) is 34.6 Å². The number of hydrogen-bond donors (Lipinski definition) is 1. The van der Waals surface area contributed by atoms with Gasteiger partial charge in [0.2, 0.25) is 0 Å². The molecule has 0 radical (unpaired) electrons. The maximum absolute atomic E-state index is 11.4. The Labute approximate surface area is 111 Å². The highest BCUT2D eigenvalue weighted by Crippen LogP contribution is 2.18. The maximum Gasteiger partial charge on any atom is 0.307 e. The zero-order valence-electron chi connectivity index (χ0n) is 11.0. The third-order valence-corrected chi connectivity index (χ3v) is 3.26. The zero-order chi connectivity index (χ0) is 13.8. The lowest BCUT2D eigenvalue weighted by atomic mass is 9.92. The summed E-state index contributed by atoms with van der Waals surface area (Å²) in [4.78, 5) is 11.4. The first-order valence-corrected chi connectivity index (χ1v) is 6.13. The first kappa shape index (κ1) is 13.3. The van der Waals surface area contributed by atoms with Gasteiger partial charge in [-0.05, 0) is 31.4 Å². The van der Waals surface area contributed by atoms with Crippen LogP contribution >= 0.6 is 0 Å². The van der Waals surface area contributed by atoms with Gasteiger partial charge in [0.15, 0.2) is 0 Å². The fourth-order valence-electron chi connectivity index (χ4n) is 2.02. The monoisotopic (exact) mass is 260 g/mol. The van der Waals surface area contributed by atoms with E-state index in [4.69, 9.17) is 0 Å². The van der Waals surface area contributed by atoms with Gasteiger partial charge in [0.1, 0.15) is 11.4 Å². The normalized spacial score (nSPS) is 12.3. The predicted molar refractivity (Wildman–Crippen MR) is 68.7 cm³/mol. The largest absolute Gasteiger partial charge is 0.481 e. The number of carboxylic acid groups (broad SMARTS) is 1. The molecule has 1 heterocycles. The van der Waals surface area contributed by atoms with Gasteiger partial charge in [-0.2, -0.15) is 0 Å². The van der Waals surface area contributed by atoms with Crippen LogP contribution in [0.25, 0.3) is 0 Å². The highest BCUT2D eigenvalue weighted by Gasteiger charge is 2.22. The molecular weight excluding hydrogens is 244 g/mol. The van der Waals surface area contributed by atoms with Crippen LogP contribution in [0.3, 0.4) is 0 Å². The summed E-state index contributed by atoms with van der Waals surface area (Å²) in [7, 11) is 0. The van der Waals surface area contributed by atoms with Gasteiger partial charge < -0.3 is 5.11 Å². The summed E-state index contributed by atoms with van der Waals surface area (Å²) >= 11 is 0. The molecule has 1 aromatic heterocycles. The number of aryl methyl sites for hydroxylation is 2. The fraction of sp³-hybridized carbons (Fsp3) is 0.357. The summed E-state index contributed by atoms with van der Waals surface area (Å²) in [5, 5.41) is 16.8. The molecule has 0 aliphatic carbocycles. The van der Waals surface area contributed by atoms with Crippen LogP contribution in [0, 0.1) is 19.8 Å². The lowest BCUT2D eigenvalue weighted by Gasteiger charge is -2.12. The molecule has 0 aliphatic rings. The number of nitrogens with zero attached hydrogens (tertiary/aromatic N) is 2. The molecule has 0 saturated heterocycles. The minimum atomic E-state index is -0.828. The number of carbonyl (C=O) groups is 1. The van der Waals surface area contributed by atoms with Crippen LogP contribution in [0.1, 0.15) is 22.5 Å². The van der Waals surface area contributed by atoms with Gasteiger partial charge in [-0.15, -0.1) is 0 Å². The lowest BCUT2D eigenvalue weighted by molar-refractivity contribution is -0.141. The molecule has 1 atom stereocenters. The molecule has 2 rings (SSSR count). The lowest BCUT2D eigenvalue weighted by Crippen LogP contribution is -2.20. The molecule has 0 fully saturated rings.